The average molecular weight is 391 g/mol. The van der Waals surface area contributed by atoms with Crippen LogP contribution >= 0.6 is 12.4 Å². The largest absolute Gasteiger partial charge is 0.354 e. The molecule has 1 amide bonds. The maximum Gasteiger partial charge on any atom is 0.236 e. The number of halogens is 1. The number of carbonyl (C=O) groups excluding carboxylic acids is 1. The summed E-state index contributed by atoms with van der Waals surface area (Å²) in [5, 5.41) is 2.85. The Morgan fingerprint density at radius 1 is 1.24 bits per heavy atom. The molecule has 0 bridgehead atoms. The lowest BCUT2D eigenvalue weighted by Gasteiger charge is -2.26. The Morgan fingerprint density at radius 2 is 1.84 bits per heavy atom. The van der Waals surface area contributed by atoms with Crippen molar-refractivity contribution in [3.63, 3.8) is 0 Å². The van der Waals surface area contributed by atoms with Crippen LogP contribution in [0, 0.1) is 5.41 Å². The quantitative estimate of drug-likeness (QED) is 0.641. The molecule has 1 unspecified atom stereocenters. The van der Waals surface area contributed by atoms with Crippen LogP contribution in [0.2, 0.25) is 0 Å². The van der Waals surface area contributed by atoms with Gasteiger partial charge in [0, 0.05) is 12.8 Å². The molecule has 7 heteroatoms. The predicted molar refractivity (Wildman–Crippen MR) is 106 cm³/mol. The van der Waals surface area contributed by atoms with Gasteiger partial charge in [-0.15, -0.1) is 12.4 Å². The summed E-state index contributed by atoms with van der Waals surface area (Å²) in [6.07, 6.45) is 4.35. The molecule has 0 aliphatic heterocycles. The topological polar surface area (TPSA) is 89.3 Å². The van der Waals surface area contributed by atoms with E-state index in [1.165, 1.54) is 5.56 Å². The second-order valence-corrected chi connectivity index (χ2v) is 9.51. The Morgan fingerprint density at radius 3 is 2.40 bits per heavy atom. The zero-order valence-electron chi connectivity index (χ0n) is 15.3. The lowest BCUT2D eigenvalue weighted by Crippen LogP contribution is -2.44. The predicted octanol–water partition coefficient (Wildman–Crippen LogP) is 2.34. The van der Waals surface area contributed by atoms with Crippen molar-refractivity contribution >= 4 is 28.2 Å². The summed E-state index contributed by atoms with van der Waals surface area (Å²) in [6.45, 7) is 4.76. The first-order valence-electron chi connectivity index (χ1n) is 8.34. The Kier molecular flexibility index (Phi) is 10.3. The second kappa shape index (κ2) is 10.8. The van der Waals surface area contributed by atoms with Gasteiger partial charge in [0.1, 0.15) is 9.84 Å². The summed E-state index contributed by atoms with van der Waals surface area (Å²) in [5.74, 6) is -0.350. The van der Waals surface area contributed by atoms with Crippen molar-refractivity contribution in [3.8, 4) is 0 Å². The standard InChI is InChI=1S/C18H30N2O3S.ClH/c1-18(2,12-7-10-15-8-5-4-6-9-15)14-20-17(21)16(19)11-13-24(3,22)23;/h4-6,8-9,16H,7,10-14,19H2,1-3H3,(H,20,21);1H. The van der Waals surface area contributed by atoms with Crippen LogP contribution in [0.5, 0.6) is 0 Å². The first-order valence-corrected chi connectivity index (χ1v) is 10.4. The lowest BCUT2D eigenvalue weighted by atomic mass is 9.86. The Bertz CT molecular complexity index is 618. The van der Waals surface area contributed by atoms with E-state index in [0.717, 1.165) is 25.5 Å². The summed E-state index contributed by atoms with van der Waals surface area (Å²) in [4.78, 5) is 12.0. The molecule has 0 saturated heterocycles. The van der Waals surface area contributed by atoms with Gasteiger partial charge in [0.25, 0.3) is 0 Å². The first kappa shape index (κ1) is 23.9. The normalized spacial score (nSPS) is 13.0. The summed E-state index contributed by atoms with van der Waals surface area (Å²) >= 11 is 0. The van der Waals surface area contributed by atoms with Crippen LogP contribution in [0.4, 0.5) is 0 Å². The van der Waals surface area contributed by atoms with Crippen LogP contribution in [0.3, 0.4) is 0 Å². The van der Waals surface area contributed by atoms with Crippen molar-refractivity contribution in [2.75, 3.05) is 18.6 Å². The second-order valence-electron chi connectivity index (χ2n) is 7.25. The Balaban J connectivity index is 0.00000576. The monoisotopic (exact) mass is 390 g/mol. The minimum Gasteiger partial charge on any atom is -0.354 e. The third-order valence-electron chi connectivity index (χ3n) is 4.04. The molecule has 1 aromatic carbocycles. The minimum atomic E-state index is -3.09. The van der Waals surface area contributed by atoms with Gasteiger partial charge in [0.2, 0.25) is 5.91 Å². The van der Waals surface area contributed by atoms with Crippen molar-refractivity contribution in [1.29, 1.82) is 0 Å². The van der Waals surface area contributed by atoms with Crippen molar-refractivity contribution in [2.45, 2.75) is 45.6 Å². The van der Waals surface area contributed by atoms with E-state index >= 15 is 0 Å². The van der Waals surface area contributed by atoms with E-state index in [4.69, 9.17) is 5.73 Å². The van der Waals surface area contributed by atoms with E-state index in [9.17, 15) is 13.2 Å². The molecule has 0 aliphatic carbocycles. The number of nitrogens with one attached hydrogen (secondary N) is 1. The third-order valence-corrected chi connectivity index (χ3v) is 5.02. The third kappa shape index (κ3) is 11.2. The van der Waals surface area contributed by atoms with E-state index in [2.05, 4.69) is 31.3 Å². The number of hydrogen-bond acceptors (Lipinski definition) is 4. The molecule has 0 fully saturated rings. The van der Waals surface area contributed by atoms with Gasteiger partial charge < -0.3 is 11.1 Å². The van der Waals surface area contributed by atoms with Gasteiger partial charge in [0.15, 0.2) is 0 Å². The molecule has 1 aromatic rings. The fourth-order valence-corrected chi connectivity index (χ4v) is 3.12. The maximum atomic E-state index is 12.0. The maximum absolute atomic E-state index is 12.0. The highest BCUT2D eigenvalue weighted by atomic mass is 35.5. The number of aryl methyl sites for hydroxylation is 1. The lowest BCUT2D eigenvalue weighted by molar-refractivity contribution is -0.122. The number of rotatable bonds is 10. The smallest absolute Gasteiger partial charge is 0.236 e. The van der Waals surface area contributed by atoms with Crippen molar-refractivity contribution in [1.82, 2.24) is 5.32 Å². The molecule has 0 saturated carbocycles. The minimum absolute atomic E-state index is 0. The molecule has 0 heterocycles. The van der Waals surface area contributed by atoms with E-state index in [0.29, 0.717) is 6.54 Å². The highest BCUT2D eigenvalue weighted by molar-refractivity contribution is 7.90. The van der Waals surface area contributed by atoms with Crippen LogP contribution in [-0.4, -0.2) is 38.9 Å². The average Bonchev–Trinajstić information content (AvgIpc) is 2.50. The number of sulfone groups is 1. The van der Waals surface area contributed by atoms with Gasteiger partial charge in [0.05, 0.1) is 11.8 Å². The van der Waals surface area contributed by atoms with E-state index in [1.54, 1.807) is 0 Å². The van der Waals surface area contributed by atoms with Crippen molar-refractivity contribution in [2.24, 2.45) is 11.1 Å². The van der Waals surface area contributed by atoms with Gasteiger partial charge >= 0.3 is 0 Å². The van der Waals surface area contributed by atoms with Crippen LogP contribution < -0.4 is 11.1 Å². The molecule has 3 N–H and O–H groups in total. The Labute approximate surface area is 158 Å². The molecule has 5 nitrogen and oxygen atoms in total. The fourth-order valence-electron chi connectivity index (χ4n) is 2.43. The molecule has 1 rings (SSSR count). The van der Waals surface area contributed by atoms with Crippen LogP contribution in [0.15, 0.2) is 30.3 Å². The molecule has 1 atom stereocenters. The van der Waals surface area contributed by atoms with Crippen molar-refractivity contribution < 1.29 is 13.2 Å². The van der Waals surface area contributed by atoms with E-state index in [-0.39, 0.29) is 35.9 Å². The molecule has 144 valence electrons. The highest BCUT2D eigenvalue weighted by Crippen LogP contribution is 2.22. The van der Waals surface area contributed by atoms with Crippen LogP contribution in [0.25, 0.3) is 0 Å². The fraction of sp³-hybridized carbons (Fsp3) is 0.611. The van der Waals surface area contributed by atoms with Gasteiger partial charge in [-0.25, -0.2) is 8.42 Å². The number of nitrogens with two attached hydrogens (primary N) is 1. The summed E-state index contributed by atoms with van der Waals surface area (Å²) in [6, 6.07) is 9.55. The molecular formula is C18H31ClN2O3S. The van der Waals surface area contributed by atoms with Gasteiger partial charge in [-0.3, -0.25) is 4.79 Å². The number of amides is 1. The Hall–Kier alpha value is -1.11. The number of hydrogen-bond donors (Lipinski definition) is 2. The van der Waals surface area contributed by atoms with Crippen molar-refractivity contribution in [3.05, 3.63) is 35.9 Å². The SMILES string of the molecule is CC(C)(CCCc1ccccc1)CNC(=O)C(N)CCS(C)(=O)=O.Cl. The highest BCUT2D eigenvalue weighted by Gasteiger charge is 2.21. The molecule has 25 heavy (non-hydrogen) atoms. The molecule has 0 aliphatic rings. The number of benzene rings is 1. The van der Waals surface area contributed by atoms with Crippen LogP contribution in [0.1, 0.15) is 38.7 Å². The summed E-state index contributed by atoms with van der Waals surface area (Å²) < 4.78 is 22.2. The zero-order chi connectivity index (χ0) is 18.2. The number of carbonyl (C=O) groups is 1. The van der Waals surface area contributed by atoms with Gasteiger partial charge in [-0.1, -0.05) is 44.2 Å². The van der Waals surface area contributed by atoms with Gasteiger partial charge in [-0.2, -0.15) is 0 Å². The van der Waals surface area contributed by atoms with E-state index in [1.807, 2.05) is 18.2 Å². The molecular weight excluding hydrogens is 360 g/mol. The first-order chi connectivity index (χ1) is 11.1. The van der Waals surface area contributed by atoms with Gasteiger partial charge in [-0.05, 0) is 36.7 Å². The van der Waals surface area contributed by atoms with Crippen LogP contribution in [-0.2, 0) is 21.1 Å². The molecule has 0 radical (unpaired) electrons. The van der Waals surface area contributed by atoms with E-state index < -0.39 is 15.9 Å². The summed E-state index contributed by atoms with van der Waals surface area (Å²) in [5.41, 5.74) is 7.05. The molecule has 0 spiro atoms. The molecule has 0 aromatic heterocycles. The zero-order valence-corrected chi connectivity index (χ0v) is 17.0. The summed E-state index contributed by atoms with van der Waals surface area (Å²) in [7, 11) is -3.09.